The molecule has 1 saturated heterocycles. The van der Waals surface area contributed by atoms with E-state index in [-0.39, 0.29) is 5.43 Å². The zero-order chi connectivity index (χ0) is 17.2. The molecule has 0 atom stereocenters. The van der Waals surface area contributed by atoms with Gasteiger partial charge in [-0.15, -0.1) is 0 Å². The number of nitrogens with zero attached hydrogens (tertiary/aromatic N) is 3. The summed E-state index contributed by atoms with van der Waals surface area (Å²) in [6, 6.07) is 15.9. The molecule has 4 rings (SSSR count). The third-order valence-electron chi connectivity index (χ3n) is 4.61. The molecule has 4 nitrogen and oxygen atoms in total. The van der Waals surface area contributed by atoms with Crippen molar-refractivity contribution in [2.24, 2.45) is 0 Å². The lowest BCUT2D eigenvalue weighted by Crippen LogP contribution is -2.44. The van der Waals surface area contributed by atoms with E-state index in [1.807, 2.05) is 18.5 Å². The highest BCUT2D eigenvalue weighted by Gasteiger charge is 2.18. The molecule has 0 N–H and O–H groups in total. The molecule has 128 valence electrons. The second-order valence-corrected chi connectivity index (χ2v) is 7.50. The molecule has 1 aliphatic heterocycles. The van der Waals surface area contributed by atoms with Crippen LogP contribution in [0.1, 0.15) is 0 Å². The van der Waals surface area contributed by atoms with Gasteiger partial charge in [0, 0.05) is 60.5 Å². The summed E-state index contributed by atoms with van der Waals surface area (Å²) in [6.45, 7) is 3.91. The first kappa shape index (κ1) is 16.2. The third kappa shape index (κ3) is 3.43. The molecule has 0 amide bonds. The minimum absolute atomic E-state index is 0.0493. The number of aromatic nitrogens is 1. The first-order valence-corrected chi connectivity index (χ1v) is 9.34. The third-order valence-corrected chi connectivity index (χ3v) is 5.67. The van der Waals surface area contributed by atoms with E-state index < -0.39 is 0 Å². The van der Waals surface area contributed by atoms with E-state index in [1.54, 1.807) is 23.9 Å². The summed E-state index contributed by atoms with van der Waals surface area (Å²) >= 11 is 1.74. The van der Waals surface area contributed by atoms with Gasteiger partial charge in [-0.2, -0.15) is 0 Å². The van der Waals surface area contributed by atoms with E-state index in [4.69, 9.17) is 0 Å². The Balaban J connectivity index is 1.82. The van der Waals surface area contributed by atoms with Gasteiger partial charge in [-0.05, 0) is 25.2 Å². The monoisotopic (exact) mass is 351 g/mol. The molecule has 25 heavy (non-hydrogen) atoms. The van der Waals surface area contributed by atoms with Crippen LogP contribution in [0.2, 0.25) is 0 Å². The molecule has 1 aliphatic rings. The van der Waals surface area contributed by atoms with Crippen LogP contribution >= 0.6 is 11.8 Å². The van der Waals surface area contributed by atoms with Crippen molar-refractivity contribution in [1.29, 1.82) is 0 Å². The number of hydrogen-bond acceptors (Lipinski definition) is 4. The van der Waals surface area contributed by atoms with Crippen molar-refractivity contribution in [3.63, 3.8) is 0 Å². The van der Waals surface area contributed by atoms with Crippen molar-refractivity contribution in [2.45, 2.75) is 9.79 Å². The van der Waals surface area contributed by atoms with Gasteiger partial charge in [0.2, 0.25) is 0 Å². The Kier molecular flexibility index (Phi) is 4.51. The lowest BCUT2D eigenvalue weighted by Gasteiger charge is -2.34. The molecule has 0 aliphatic carbocycles. The number of hydrogen-bond donors (Lipinski definition) is 0. The molecule has 0 bridgehead atoms. The predicted octanol–water partition coefficient (Wildman–Crippen LogP) is 3.20. The highest BCUT2D eigenvalue weighted by Crippen LogP contribution is 2.35. The van der Waals surface area contributed by atoms with Gasteiger partial charge >= 0.3 is 0 Å². The fourth-order valence-electron chi connectivity index (χ4n) is 3.20. The van der Waals surface area contributed by atoms with E-state index >= 15 is 0 Å². The van der Waals surface area contributed by atoms with Crippen LogP contribution in [0.4, 0.5) is 5.69 Å². The number of anilines is 1. The lowest BCUT2D eigenvalue weighted by atomic mass is 10.2. The van der Waals surface area contributed by atoms with Crippen molar-refractivity contribution in [2.75, 3.05) is 38.1 Å². The molecule has 0 saturated carbocycles. The summed E-state index contributed by atoms with van der Waals surface area (Å²) in [5.74, 6) is 0. The van der Waals surface area contributed by atoms with Crippen molar-refractivity contribution >= 4 is 23.0 Å². The molecule has 0 unspecified atom stereocenters. The van der Waals surface area contributed by atoms with Crippen LogP contribution in [-0.2, 0) is 0 Å². The summed E-state index contributed by atoms with van der Waals surface area (Å²) in [4.78, 5) is 19.3. The van der Waals surface area contributed by atoms with E-state index in [2.05, 4.69) is 51.6 Å². The van der Waals surface area contributed by atoms with Gasteiger partial charge in [0.15, 0.2) is 5.43 Å². The average Bonchev–Trinajstić information content (AvgIpc) is 2.93. The molecular formula is C20H21N3OS. The summed E-state index contributed by atoms with van der Waals surface area (Å²) in [7, 11) is 2.14. The Hall–Kier alpha value is -2.24. The number of likely N-dealkylation sites (N-methyl/N-ethyl adjacent to an activating group) is 1. The van der Waals surface area contributed by atoms with Gasteiger partial charge in [-0.3, -0.25) is 4.79 Å². The topological polar surface area (TPSA) is 28.0 Å². The second kappa shape index (κ2) is 6.94. The zero-order valence-electron chi connectivity index (χ0n) is 14.3. The molecule has 0 radical (unpaired) electrons. The van der Waals surface area contributed by atoms with Gasteiger partial charge in [0.25, 0.3) is 0 Å². The molecule has 5 heteroatoms. The summed E-state index contributed by atoms with van der Waals surface area (Å²) in [5.41, 5.74) is 2.19. The molecule has 2 aromatic heterocycles. The van der Waals surface area contributed by atoms with Crippen molar-refractivity contribution < 1.29 is 0 Å². The normalized spacial score (nSPS) is 15.6. The Morgan fingerprint density at radius 2 is 1.64 bits per heavy atom. The van der Waals surface area contributed by atoms with Crippen LogP contribution in [0, 0.1) is 0 Å². The van der Waals surface area contributed by atoms with E-state index in [1.165, 1.54) is 9.79 Å². The van der Waals surface area contributed by atoms with Crippen molar-refractivity contribution in [3.8, 4) is 0 Å². The van der Waals surface area contributed by atoms with Crippen molar-refractivity contribution in [3.05, 3.63) is 71.1 Å². The average molecular weight is 351 g/mol. The van der Waals surface area contributed by atoms with E-state index in [0.717, 1.165) is 37.4 Å². The smallest absolute Gasteiger partial charge is 0.182 e. The maximum atomic E-state index is 12.2. The Bertz CT molecular complexity index is 931. The fraction of sp³-hybridized carbons (Fsp3) is 0.250. The Morgan fingerprint density at radius 3 is 2.40 bits per heavy atom. The molecule has 0 spiro atoms. The number of benzene rings is 1. The van der Waals surface area contributed by atoms with Gasteiger partial charge < -0.3 is 14.2 Å². The van der Waals surface area contributed by atoms with Crippen LogP contribution in [0.3, 0.4) is 0 Å². The molecule has 3 heterocycles. The van der Waals surface area contributed by atoms with Crippen LogP contribution in [-0.4, -0.2) is 42.5 Å². The summed E-state index contributed by atoms with van der Waals surface area (Å²) in [5, 5.41) is 0. The molecule has 3 aromatic rings. The van der Waals surface area contributed by atoms with Gasteiger partial charge in [-0.1, -0.05) is 30.0 Å². The molecular weight excluding hydrogens is 330 g/mol. The first-order valence-electron chi connectivity index (χ1n) is 8.52. The number of fused-ring (bicyclic) bond motifs is 1. The van der Waals surface area contributed by atoms with Crippen LogP contribution in [0.25, 0.3) is 5.52 Å². The van der Waals surface area contributed by atoms with E-state index in [9.17, 15) is 4.79 Å². The molecule has 1 fully saturated rings. The summed E-state index contributed by atoms with van der Waals surface area (Å²) < 4.78 is 2.07. The van der Waals surface area contributed by atoms with Crippen LogP contribution < -0.4 is 10.3 Å². The quantitative estimate of drug-likeness (QED) is 0.724. The van der Waals surface area contributed by atoms with Gasteiger partial charge in [-0.25, -0.2) is 0 Å². The highest BCUT2D eigenvalue weighted by molar-refractivity contribution is 7.99. The largest absolute Gasteiger partial charge is 0.367 e. The Morgan fingerprint density at radius 1 is 0.920 bits per heavy atom. The molecule has 1 aromatic carbocycles. The minimum atomic E-state index is 0.0493. The maximum absolute atomic E-state index is 12.2. The first-order chi connectivity index (χ1) is 12.2. The number of piperazine rings is 1. The minimum Gasteiger partial charge on any atom is -0.367 e. The van der Waals surface area contributed by atoms with Gasteiger partial charge in [0.1, 0.15) is 0 Å². The van der Waals surface area contributed by atoms with Crippen LogP contribution in [0.5, 0.6) is 0 Å². The predicted molar refractivity (Wildman–Crippen MR) is 104 cm³/mol. The second-order valence-electron chi connectivity index (χ2n) is 6.39. The van der Waals surface area contributed by atoms with E-state index in [0.29, 0.717) is 0 Å². The zero-order valence-corrected chi connectivity index (χ0v) is 15.1. The highest BCUT2D eigenvalue weighted by atomic mass is 32.2. The standard InChI is InChI=1S/C20H21N3OS/c1-21-11-13-22(14-12-21)18-15-16(24)7-9-23-10-8-19(20(18)23)25-17-5-3-2-4-6-17/h2-10,15H,11-14H2,1H3. The summed E-state index contributed by atoms with van der Waals surface area (Å²) in [6.07, 6.45) is 3.91. The Labute approximate surface area is 151 Å². The fourth-order valence-corrected chi connectivity index (χ4v) is 4.19. The SMILES string of the molecule is CN1CCN(c2cc(=O)ccn3ccc(Sc4ccccc4)c23)CC1. The number of rotatable bonds is 3. The lowest BCUT2D eigenvalue weighted by molar-refractivity contribution is 0.313. The van der Waals surface area contributed by atoms with Gasteiger partial charge in [0.05, 0.1) is 11.2 Å². The van der Waals surface area contributed by atoms with Crippen molar-refractivity contribution in [1.82, 2.24) is 9.30 Å². The maximum Gasteiger partial charge on any atom is 0.182 e. The van der Waals surface area contributed by atoms with Crippen LogP contribution in [0.15, 0.2) is 75.5 Å².